The van der Waals surface area contributed by atoms with Crippen LogP contribution in [0.2, 0.25) is 0 Å². The molecule has 3 heteroatoms. The summed E-state index contributed by atoms with van der Waals surface area (Å²) in [6.45, 7) is 4.64. The Morgan fingerprint density at radius 2 is 1.68 bits per heavy atom. The quantitative estimate of drug-likeness (QED) is 0.819. The molecule has 0 aliphatic heterocycles. The average molecular weight is 258 g/mol. The summed E-state index contributed by atoms with van der Waals surface area (Å²) < 4.78 is 13.8. The van der Waals surface area contributed by atoms with Gasteiger partial charge in [0.1, 0.15) is 5.82 Å². The normalized spacial score (nSPS) is 11.3. The summed E-state index contributed by atoms with van der Waals surface area (Å²) >= 11 is 0. The molecule has 19 heavy (non-hydrogen) atoms. The Kier molecular flexibility index (Phi) is 3.74. The molecule has 0 radical (unpaired) electrons. The summed E-state index contributed by atoms with van der Waals surface area (Å²) in [4.78, 5) is 0. The lowest BCUT2D eigenvalue weighted by atomic mass is 9.84. The highest BCUT2D eigenvalue weighted by atomic mass is 19.1. The Bertz CT molecular complexity index is 564. The standard InChI is InChI=1S/C16H19FN2/c1-16(2,12-7-3-4-8-13(12)17)11-19-15-10-6-5-9-14(15)18/h3-10,19H,11,18H2,1-2H3. The summed E-state index contributed by atoms with van der Waals surface area (Å²) in [5.74, 6) is -0.171. The van der Waals surface area contributed by atoms with Crippen molar-refractivity contribution in [2.24, 2.45) is 0 Å². The van der Waals surface area contributed by atoms with Crippen molar-refractivity contribution >= 4 is 11.4 Å². The molecule has 0 atom stereocenters. The molecule has 0 aliphatic carbocycles. The predicted molar refractivity (Wildman–Crippen MR) is 78.8 cm³/mol. The van der Waals surface area contributed by atoms with Gasteiger partial charge in [0.25, 0.3) is 0 Å². The van der Waals surface area contributed by atoms with Crippen LogP contribution in [0.25, 0.3) is 0 Å². The molecule has 2 nitrogen and oxygen atoms in total. The fourth-order valence-electron chi connectivity index (χ4n) is 2.08. The first-order valence-corrected chi connectivity index (χ1v) is 6.34. The van der Waals surface area contributed by atoms with E-state index >= 15 is 0 Å². The fourth-order valence-corrected chi connectivity index (χ4v) is 2.08. The molecule has 2 rings (SSSR count). The molecule has 0 aromatic heterocycles. The molecule has 0 heterocycles. The minimum Gasteiger partial charge on any atom is -0.397 e. The van der Waals surface area contributed by atoms with Crippen molar-refractivity contribution in [2.75, 3.05) is 17.6 Å². The second-order valence-corrected chi connectivity index (χ2v) is 5.30. The van der Waals surface area contributed by atoms with E-state index in [0.29, 0.717) is 17.8 Å². The van der Waals surface area contributed by atoms with Crippen LogP contribution in [-0.2, 0) is 5.41 Å². The highest BCUT2D eigenvalue weighted by Crippen LogP contribution is 2.27. The molecule has 2 aromatic rings. The van der Waals surface area contributed by atoms with Gasteiger partial charge in [0.05, 0.1) is 11.4 Å². The molecule has 0 fully saturated rings. The molecule has 0 saturated heterocycles. The van der Waals surface area contributed by atoms with Crippen LogP contribution in [0.4, 0.5) is 15.8 Å². The van der Waals surface area contributed by atoms with Crippen molar-refractivity contribution in [2.45, 2.75) is 19.3 Å². The fraction of sp³-hybridized carbons (Fsp3) is 0.250. The van der Waals surface area contributed by atoms with Crippen LogP contribution in [0.1, 0.15) is 19.4 Å². The highest BCUT2D eigenvalue weighted by Gasteiger charge is 2.23. The number of nitrogens with one attached hydrogen (secondary N) is 1. The van der Waals surface area contributed by atoms with Crippen LogP contribution in [0.5, 0.6) is 0 Å². The van der Waals surface area contributed by atoms with E-state index in [1.807, 2.05) is 50.2 Å². The lowest BCUT2D eigenvalue weighted by Crippen LogP contribution is -2.29. The zero-order valence-electron chi connectivity index (χ0n) is 11.3. The van der Waals surface area contributed by atoms with Crippen LogP contribution < -0.4 is 11.1 Å². The maximum Gasteiger partial charge on any atom is 0.127 e. The molecule has 0 unspecified atom stereocenters. The lowest BCUT2D eigenvalue weighted by molar-refractivity contribution is 0.504. The number of halogens is 1. The van der Waals surface area contributed by atoms with Gasteiger partial charge in [0.2, 0.25) is 0 Å². The highest BCUT2D eigenvalue weighted by molar-refractivity contribution is 5.65. The van der Waals surface area contributed by atoms with Gasteiger partial charge in [-0.25, -0.2) is 4.39 Å². The largest absolute Gasteiger partial charge is 0.397 e. The lowest BCUT2D eigenvalue weighted by Gasteiger charge is -2.27. The van der Waals surface area contributed by atoms with Crippen molar-refractivity contribution in [1.82, 2.24) is 0 Å². The third kappa shape index (κ3) is 3.05. The zero-order valence-corrected chi connectivity index (χ0v) is 11.3. The van der Waals surface area contributed by atoms with Crippen LogP contribution in [0.15, 0.2) is 48.5 Å². The Morgan fingerprint density at radius 3 is 2.37 bits per heavy atom. The number of nitrogen functional groups attached to an aromatic ring is 1. The number of hydrogen-bond acceptors (Lipinski definition) is 2. The van der Waals surface area contributed by atoms with Gasteiger partial charge in [0, 0.05) is 12.0 Å². The van der Waals surface area contributed by atoms with Gasteiger partial charge < -0.3 is 11.1 Å². The second kappa shape index (κ2) is 5.31. The molecular formula is C16H19FN2. The Labute approximate surface area is 113 Å². The molecule has 0 amide bonds. The molecular weight excluding hydrogens is 239 g/mol. The van der Waals surface area contributed by atoms with E-state index in [2.05, 4.69) is 5.32 Å². The van der Waals surface area contributed by atoms with Crippen molar-refractivity contribution < 1.29 is 4.39 Å². The summed E-state index contributed by atoms with van der Waals surface area (Å²) in [6.07, 6.45) is 0. The zero-order chi connectivity index (χ0) is 13.9. The van der Waals surface area contributed by atoms with Crippen molar-refractivity contribution in [3.05, 3.63) is 59.9 Å². The number of nitrogens with two attached hydrogens (primary N) is 1. The number of rotatable bonds is 4. The van der Waals surface area contributed by atoms with Crippen molar-refractivity contribution in [1.29, 1.82) is 0 Å². The van der Waals surface area contributed by atoms with Gasteiger partial charge >= 0.3 is 0 Å². The van der Waals surface area contributed by atoms with E-state index in [1.165, 1.54) is 6.07 Å². The first-order chi connectivity index (χ1) is 9.00. The monoisotopic (exact) mass is 258 g/mol. The molecule has 0 aliphatic rings. The van der Waals surface area contributed by atoms with Crippen molar-refractivity contribution in [3.63, 3.8) is 0 Å². The minimum absolute atomic E-state index is 0.171. The van der Waals surface area contributed by atoms with Gasteiger partial charge in [-0.1, -0.05) is 44.2 Å². The summed E-state index contributed by atoms with van der Waals surface area (Å²) in [5, 5.41) is 3.29. The maximum absolute atomic E-state index is 13.8. The third-order valence-corrected chi connectivity index (χ3v) is 3.28. The summed E-state index contributed by atoms with van der Waals surface area (Å²) in [5.41, 5.74) is 7.86. The third-order valence-electron chi connectivity index (χ3n) is 3.28. The molecule has 0 saturated carbocycles. The number of benzene rings is 2. The first-order valence-electron chi connectivity index (χ1n) is 6.34. The van der Waals surface area contributed by atoms with Gasteiger partial charge in [-0.3, -0.25) is 0 Å². The first kappa shape index (κ1) is 13.4. The van der Waals surface area contributed by atoms with Gasteiger partial charge in [0.15, 0.2) is 0 Å². The average Bonchev–Trinajstić information content (AvgIpc) is 2.38. The SMILES string of the molecule is CC(C)(CNc1ccccc1N)c1ccccc1F. The minimum atomic E-state index is -0.312. The molecule has 0 spiro atoms. The second-order valence-electron chi connectivity index (χ2n) is 5.30. The van der Waals surface area contributed by atoms with Gasteiger partial charge in [-0.15, -0.1) is 0 Å². The van der Waals surface area contributed by atoms with Crippen LogP contribution in [0, 0.1) is 5.82 Å². The van der Waals surface area contributed by atoms with Crippen LogP contribution >= 0.6 is 0 Å². The Morgan fingerprint density at radius 1 is 1.05 bits per heavy atom. The van der Waals surface area contributed by atoms with E-state index in [-0.39, 0.29) is 11.2 Å². The van der Waals surface area contributed by atoms with Crippen LogP contribution in [0.3, 0.4) is 0 Å². The number of hydrogen-bond donors (Lipinski definition) is 2. The molecule has 3 N–H and O–H groups in total. The van der Waals surface area contributed by atoms with Gasteiger partial charge in [-0.05, 0) is 23.8 Å². The molecule has 2 aromatic carbocycles. The van der Waals surface area contributed by atoms with E-state index in [4.69, 9.17) is 5.73 Å². The summed E-state index contributed by atoms with van der Waals surface area (Å²) in [6, 6.07) is 14.5. The molecule has 100 valence electrons. The van der Waals surface area contributed by atoms with E-state index in [9.17, 15) is 4.39 Å². The smallest absolute Gasteiger partial charge is 0.127 e. The van der Waals surface area contributed by atoms with Gasteiger partial charge in [-0.2, -0.15) is 0 Å². The Balaban J connectivity index is 2.14. The number of para-hydroxylation sites is 2. The number of anilines is 2. The molecule has 0 bridgehead atoms. The topological polar surface area (TPSA) is 38.0 Å². The van der Waals surface area contributed by atoms with Crippen molar-refractivity contribution in [3.8, 4) is 0 Å². The maximum atomic E-state index is 13.8. The van der Waals surface area contributed by atoms with E-state index < -0.39 is 0 Å². The Hall–Kier alpha value is -2.03. The predicted octanol–water partition coefficient (Wildman–Crippen LogP) is 3.80. The van der Waals surface area contributed by atoms with E-state index in [1.54, 1.807) is 6.07 Å². The van der Waals surface area contributed by atoms with Crippen LogP contribution in [-0.4, -0.2) is 6.54 Å². The summed E-state index contributed by atoms with van der Waals surface area (Å²) in [7, 11) is 0. The van der Waals surface area contributed by atoms with E-state index in [0.717, 1.165) is 5.69 Å².